The minimum Gasteiger partial charge on any atom is -0.481 e. The number of carboxylic acids is 1. The first-order valence-electron chi connectivity index (χ1n) is 7.41. The van der Waals surface area contributed by atoms with Crippen LogP contribution in [0.2, 0.25) is 0 Å². The predicted octanol–water partition coefficient (Wildman–Crippen LogP) is 2.40. The molecular formula is C18H19NO4. The van der Waals surface area contributed by atoms with E-state index in [9.17, 15) is 14.4 Å². The van der Waals surface area contributed by atoms with Gasteiger partial charge in [-0.2, -0.15) is 0 Å². The van der Waals surface area contributed by atoms with Crippen LogP contribution in [0.15, 0.2) is 43.5 Å². The summed E-state index contributed by atoms with van der Waals surface area (Å²) in [5.74, 6) is -1.75. The van der Waals surface area contributed by atoms with E-state index in [0.29, 0.717) is 24.1 Å². The number of nitrogens with one attached hydrogen (secondary N) is 1. The van der Waals surface area contributed by atoms with Crippen molar-refractivity contribution < 1.29 is 19.5 Å². The molecule has 0 heterocycles. The molecule has 2 atom stereocenters. The van der Waals surface area contributed by atoms with Gasteiger partial charge in [0, 0.05) is 18.0 Å². The number of ketones is 2. The number of hydrogen-bond donors (Lipinski definition) is 2. The van der Waals surface area contributed by atoms with Gasteiger partial charge >= 0.3 is 5.97 Å². The maximum atomic E-state index is 12.3. The van der Waals surface area contributed by atoms with Gasteiger partial charge < -0.3 is 10.4 Å². The minimum atomic E-state index is -0.851. The molecule has 2 rings (SSSR count). The van der Waals surface area contributed by atoms with Crippen molar-refractivity contribution in [2.75, 3.05) is 6.54 Å². The fraction of sp³-hybridized carbons (Fsp3) is 0.278. The van der Waals surface area contributed by atoms with Crippen LogP contribution in [0, 0.1) is 0 Å². The fourth-order valence-corrected chi connectivity index (χ4v) is 2.92. The highest BCUT2D eigenvalue weighted by Crippen LogP contribution is 2.41. The Morgan fingerprint density at radius 3 is 2.57 bits per heavy atom. The lowest BCUT2D eigenvalue weighted by atomic mass is 9.90. The first-order chi connectivity index (χ1) is 11.0. The van der Waals surface area contributed by atoms with E-state index < -0.39 is 11.9 Å². The summed E-state index contributed by atoms with van der Waals surface area (Å²) in [4.78, 5) is 34.8. The van der Waals surface area contributed by atoms with E-state index in [1.807, 2.05) is 12.1 Å². The molecule has 120 valence electrons. The molecule has 23 heavy (non-hydrogen) atoms. The van der Waals surface area contributed by atoms with Crippen LogP contribution in [0.5, 0.6) is 0 Å². The van der Waals surface area contributed by atoms with Crippen LogP contribution >= 0.6 is 0 Å². The third-order valence-electron chi connectivity index (χ3n) is 3.99. The summed E-state index contributed by atoms with van der Waals surface area (Å²) in [6, 6.07) is 5.09. The quantitative estimate of drug-likeness (QED) is 0.415. The summed E-state index contributed by atoms with van der Waals surface area (Å²) in [6.45, 7) is 7.50. The second kappa shape index (κ2) is 7.15. The van der Waals surface area contributed by atoms with Gasteiger partial charge in [0.2, 0.25) is 0 Å². The lowest BCUT2D eigenvalue weighted by molar-refractivity contribution is -0.137. The Morgan fingerprint density at radius 2 is 1.96 bits per heavy atom. The topological polar surface area (TPSA) is 83.5 Å². The van der Waals surface area contributed by atoms with Crippen LogP contribution in [-0.2, 0) is 9.59 Å². The smallest absolute Gasteiger partial charge is 0.303 e. The minimum absolute atomic E-state index is 0.0670. The molecule has 1 aromatic rings. The summed E-state index contributed by atoms with van der Waals surface area (Å²) in [7, 11) is 0. The summed E-state index contributed by atoms with van der Waals surface area (Å²) in [5, 5.41) is 11.9. The second-order valence-electron chi connectivity index (χ2n) is 5.43. The normalized spacial score (nSPS) is 18.4. The molecule has 0 fully saturated rings. The molecule has 0 saturated heterocycles. The zero-order chi connectivity index (χ0) is 17.0. The Morgan fingerprint density at radius 1 is 1.22 bits per heavy atom. The van der Waals surface area contributed by atoms with E-state index in [0.717, 1.165) is 5.56 Å². The highest BCUT2D eigenvalue weighted by molar-refractivity contribution is 6.08. The van der Waals surface area contributed by atoms with Crippen molar-refractivity contribution >= 4 is 17.5 Å². The van der Waals surface area contributed by atoms with E-state index in [1.54, 1.807) is 6.07 Å². The number of aliphatic carboxylic acids is 1. The molecule has 1 aromatic carbocycles. The summed E-state index contributed by atoms with van der Waals surface area (Å²) in [6.07, 6.45) is 3.02. The van der Waals surface area contributed by atoms with Gasteiger partial charge in [0.25, 0.3) is 0 Å². The number of allylic oxidation sites excluding steroid dienone is 2. The molecule has 0 aliphatic heterocycles. The average molecular weight is 313 g/mol. The molecule has 0 radical (unpaired) electrons. The zero-order valence-electron chi connectivity index (χ0n) is 12.7. The average Bonchev–Trinajstić information content (AvgIpc) is 2.82. The lowest BCUT2D eigenvalue weighted by Crippen LogP contribution is -2.29. The van der Waals surface area contributed by atoms with Crippen LogP contribution in [-0.4, -0.2) is 29.2 Å². The van der Waals surface area contributed by atoms with Crippen molar-refractivity contribution in [1.82, 2.24) is 5.32 Å². The van der Waals surface area contributed by atoms with Gasteiger partial charge in [0.05, 0.1) is 5.92 Å². The SMILES string of the molecule is C=CC(=O)c1ccc2cc1C(C(=O)C=C)C2NCCCC(=O)O. The molecule has 2 N–H and O–H groups in total. The molecule has 0 amide bonds. The number of carbonyl (C=O) groups excluding carboxylic acids is 2. The zero-order valence-corrected chi connectivity index (χ0v) is 12.7. The van der Waals surface area contributed by atoms with Crippen LogP contribution < -0.4 is 5.32 Å². The van der Waals surface area contributed by atoms with E-state index in [-0.39, 0.29) is 24.0 Å². The third kappa shape index (κ3) is 3.46. The van der Waals surface area contributed by atoms with Crippen molar-refractivity contribution in [2.24, 2.45) is 0 Å². The van der Waals surface area contributed by atoms with E-state index >= 15 is 0 Å². The molecule has 0 saturated carbocycles. The molecular weight excluding hydrogens is 294 g/mol. The molecule has 2 bridgehead atoms. The van der Waals surface area contributed by atoms with Gasteiger partial charge in [-0.1, -0.05) is 31.4 Å². The third-order valence-corrected chi connectivity index (χ3v) is 3.99. The molecule has 5 heteroatoms. The predicted molar refractivity (Wildman–Crippen MR) is 86.5 cm³/mol. The van der Waals surface area contributed by atoms with Crippen LogP contribution in [0.4, 0.5) is 0 Å². The Labute approximate surface area is 134 Å². The van der Waals surface area contributed by atoms with Crippen molar-refractivity contribution in [3.63, 3.8) is 0 Å². The van der Waals surface area contributed by atoms with Gasteiger partial charge in [-0.25, -0.2) is 0 Å². The lowest BCUT2D eigenvalue weighted by Gasteiger charge is -2.21. The van der Waals surface area contributed by atoms with Gasteiger partial charge in [0.15, 0.2) is 11.6 Å². The fourth-order valence-electron chi connectivity index (χ4n) is 2.92. The highest BCUT2D eigenvalue weighted by atomic mass is 16.4. The first kappa shape index (κ1) is 16.8. The van der Waals surface area contributed by atoms with Gasteiger partial charge in [-0.3, -0.25) is 14.4 Å². The summed E-state index contributed by atoms with van der Waals surface area (Å²) < 4.78 is 0. The number of carbonyl (C=O) groups is 3. The van der Waals surface area contributed by atoms with Crippen molar-refractivity contribution in [3.8, 4) is 0 Å². The monoisotopic (exact) mass is 313 g/mol. The Hall–Kier alpha value is -2.53. The Balaban J connectivity index is 2.23. The van der Waals surface area contributed by atoms with Crippen LogP contribution in [0.1, 0.15) is 46.3 Å². The summed E-state index contributed by atoms with van der Waals surface area (Å²) >= 11 is 0. The molecule has 2 unspecified atom stereocenters. The van der Waals surface area contributed by atoms with E-state index in [4.69, 9.17) is 5.11 Å². The molecule has 1 aliphatic rings. The molecule has 0 aromatic heterocycles. The highest BCUT2D eigenvalue weighted by Gasteiger charge is 2.37. The molecule has 1 aliphatic carbocycles. The Bertz CT molecular complexity index is 678. The number of benzene rings is 1. The van der Waals surface area contributed by atoms with Gasteiger partial charge in [-0.05, 0) is 36.2 Å². The second-order valence-corrected chi connectivity index (χ2v) is 5.43. The maximum Gasteiger partial charge on any atom is 0.303 e. The van der Waals surface area contributed by atoms with Crippen molar-refractivity contribution in [3.05, 3.63) is 60.2 Å². The van der Waals surface area contributed by atoms with E-state index in [1.165, 1.54) is 12.2 Å². The van der Waals surface area contributed by atoms with Crippen molar-refractivity contribution in [1.29, 1.82) is 0 Å². The number of rotatable bonds is 9. The maximum absolute atomic E-state index is 12.3. The van der Waals surface area contributed by atoms with Crippen molar-refractivity contribution in [2.45, 2.75) is 24.8 Å². The number of fused-ring (bicyclic) bond motifs is 2. The van der Waals surface area contributed by atoms with Crippen LogP contribution in [0.3, 0.4) is 0 Å². The standard InChI is InChI=1S/C18H19NO4/c1-3-14(20)12-8-7-11-10-13(12)17(15(21)4-2)18(11)19-9-5-6-16(22)23/h3-4,7-8,10,17-19H,1-2,5-6,9H2,(H,22,23). The first-order valence-corrected chi connectivity index (χ1v) is 7.41. The Kier molecular flexibility index (Phi) is 5.24. The number of hydrogen-bond acceptors (Lipinski definition) is 4. The largest absolute Gasteiger partial charge is 0.481 e. The van der Waals surface area contributed by atoms with Crippen LogP contribution in [0.25, 0.3) is 0 Å². The van der Waals surface area contributed by atoms with Gasteiger partial charge in [-0.15, -0.1) is 0 Å². The molecule has 5 nitrogen and oxygen atoms in total. The summed E-state index contributed by atoms with van der Waals surface area (Å²) in [5.41, 5.74) is 2.06. The molecule has 0 spiro atoms. The van der Waals surface area contributed by atoms with E-state index in [2.05, 4.69) is 18.5 Å². The van der Waals surface area contributed by atoms with Gasteiger partial charge in [0.1, 0.15) is 0 Å². The number of carboxylic acid groups (broad SMARTS) is 1.